The predicted octanol–water partition coefficient (Wildman–Crippen LogP) is 10.1. The van der Waals surface area contributed by atoms with Gasteiger partial charge in [0.2, 0.25) is 0 Å². The van der Waals surface area contributed by atoms with Gasteiger partial charge in [-0.15, -0.1) is 0 Å². The van der Waals surface area contributed by atoms with E-state index in [9.17, 15) is 14.2 Å². The molecule has 0 bridgehead atoms. The van der Waals surface area contributed by atoms with E-state index in [1.54, 1.807) is 0 Å². The van der Waals surface area contributed by atoms with Gasteiger partial charge in [0.25, 0.3) is 0 Å². The Morgan fingerprint density at radius 1 is 0.568 bits per heavy atom. The van der Waals surface area contributed by atoms with Gasteiger partial charge >= 0.3 is 19.8 Å². The molecule has 258 valence electrons. The van der Waals surface area contributed by atoms with E-state index in [-0.39, 0.29) is 19.4 Å². The van der Waals surface area contributed by atoms with Crippen LogP contribution < -0.4 is 0 Å². The summed E-state index contributed by atoms with van der Waals surface area (Å²) in [5.74, 6) is -0.905. The molecule has 0 rings (SSSR count). The van der Waals surface area contributed by atoms with E-state index in [1.807, 2.05) is 0 Å². The molecule has 0 saturated carbocycles. The van der Waals surface area contributed by atoms with E-state index in [1.165, 1.54) is 64.2 Å². The van der Waals surface area contributed by atoms with E-state index in [4.69, 9.17) is 19.3 Å². The van der Waals surface area contributed by atoms with Gasteiger partial charge in [0.05, 0.1) is 6.61 Å². The molecule has 0 saturated heterocycles. The average molecular weight is 645 g/mol. The molecular weight excluding hydrogens is 579 g/mol. The van der Waals surface area contributed by atoms with Gasteiger partial charge in [-0.05, 0) is 64.2 Å². The second-order valence-corrected chi connectivity index (χ2v) is 13.1. The number of phosphoric ester groups is 1. The molecule has 0 spiro atoms. The summed E-state index contributed by atoms with van der Waals surface area (Å²) >= 11 is 0. The Labute approximate surface area is 269 Å². The monoisotopic (exact) mass is 644 g/mol. The Kier molecular flexibility index (Phi) is 30.5. The Bertz CT molecular complexity index is 777. The summed E-state index contributed by atoms with van der Waals surface area (Å²) in [5.41, 5.74) is 0. The maximum absolute atomic E-state index is 12.3. The van der Waals surface area contributed by atoms with E-state index in [2.05, 4.69) is 42.7 Å². The number of phosphoric acid groups is 1. The Balaban J connectivity index is 4.02. The number of rotatable bonds is 32. The minimum absolute atomic E-state index is 0.201. The zero-order valence-electron chi connectivity index (χ0n) is 28.1. The second-order valence-electron chi connectivity index (χ2n) is 11.8. The molecule has 0 aromatic rings. The zero-order chi connectivity index (χ0) is 32.6. The molecule has 1 atom stereocenters. The number of hydrogen-bond acceptors (Lipinski definition) is 6. The minimum Gasteiger partial charge on any atom is -0.462 e. The van der Waals surface area contributed by atoms with Crippen molar-refractivity contribution in [3.63, 3.8) is 0 Å². The van der Waals surface area contributed by atoms with E-state index >= 15 is 0 Å². The molecule has 9 heteroatoms. The number of hydrogen-bond donors (Lipinski definition) is 2. The van der Waals surface area contributed by atoms with Gasteiger partial charge in [0.15, 0.2) is 6.10 Å². The largest absolute Gasteiger partial charge is 0.469 e. The van der Waals surface area contributed by atoms with Crippen LogP contribution in [0.3, 0.4) is 0 Å². The molecule has 0 aromatic carbocycles. The number of carbonyl (C=O) groups excluding carboxylic acids is 2. The number of allylic oxidation sites excluding steroid dienone is 4. The first-order chi connectivity index (χ1) is 21.3. The van der Waals surface area contributed by atoms with Crippen molar-refractivity contribution < 1.29 is 37.9 Å². The summed E-state index contributed by atoms with van der Waals surface area (Å²) in [5, 5.41) is 0. The van der Waals surface area contributed by atoms with Crippen LogP contribution in [0.4, 0.5) is 0 Å². The van der Waals surface area contributed by atoms with Crippen LogP contribution in [0.25, 0.3) is 0 Å². The first-order valence-electron chi connectivity index (χ1n) is 17.6. The van der Waals surface area contributed by atoms with Crippen LogP contribution in [0.15, 0.2) is 24.3 Å². The standard InChI is InChI=1S/C35H65O8P/c1-3-5-7-9-11-13-15-17-18-20-22-24-26-28-30-35(37)43-33(32-42-44(38,39)40)31-41-34(36)29-27-25-23-21-19-16-14-12-10-8-6-4-2/h12,14-15,17,33H,3-11,13,16,18-32H2,1-2H3,(H2,38,39,40)/b14-12+,17-15+/t33-/m1/s1. The summed E-state index contributed by atoms with van der Waals surface area (Å²) in [4.78, 5) is 42.5. The molecule has 0 aliphatic rings. The lowest BCUT2D eigenvalue weighted by molar-refractivity contribution is -0.161. The van der Waals surface area contributed by atoms with Gasteiger partial charge in [0, 0.05) is 12.8 Å². The van der Waals surface area contributed by atoms with Crippen molar-refractivity contribution in [2.45, 2.75) is 174 Å². The van der Waals surface area contributed by atoms with E-state index < -0.39 is 32.5 Å². The van der Waals surface area contributed by atoms with Crippen molar-refractivity contribution in [2.24, 2.45) is 0 Å². The van der Waals surface area contributed by atoms with Crippen LogP contribution in [0.5, 0.6) is 0 Å². The highest BCUT2D eigenvalue weighted by Gasteiger charge is 2.22. The van der Waals surface area contributed by atoms with Crippen molar-refractivity contribution in [1.82, 2.24) is 0 Å². The highest BCUT2D eigenvalue weighted by molar-refractivity contribution is 7.46. The molecule has 0 unspecified atom stereocenters. The van der Waals surface area contributed by atoms with Crippen LogP contribution in [0, 0.1) is 0 Å². The van der Waals surface area contributed by atoms with Crippen molar-refractivity contribution in [1.29, 1.82) is 0 Å². The molecular formula is C35H65O8P. The lowest BCUT2D eigenvalue weighted by atomic mass is 10.1. The first-order valence-corrected chi connectivity index (χ1v) is 19.2. The Morgan fingerprint density at radius 3 is 1.43 bits per heavy atom. The average Bonchev–Trinajstić information content (AvgIpc) is 2.98. The fourth-order valence-corrected chi connectivity index (χ4v) is 5.13. The van der Waals surface area contributed by atoms with Crippen molar-refractivity contribution in [3.05, 3.63) is 24.3 Å². The smallest absolute Gasteiger partial charge is 0.462 e. The summed E-state index contributed by atoms with van der Waals surface area (Å²) in [6.45, 7) is 3.62. The lowest BCUT2D eigenvalue weighted by Crippen LogP contribution is -2.29. The quantitative estimate of drug-likeness (QED) is 0.0321. The Hall–Kier alpha value is -1.47. The summed E-state index contributed by atoms with van der Waals surface area (Å²) in [6, 6.07) is 0. The van der Waals surface area contributed by atoms with Crippen LogP contribution in [-0.4, -0.2) is 41.0 Å². The number of ether oxygens (including phenoxy) is 2. The van der Waals surface area contributed by atoms with Gasteiger partial charge in [-0.1, -0.05) is 115 Å². The third-order valence-electron chi connectivity index (χ3n) is 7.44. The summed E-state index contributed by atoms with van der Waals surface area (Å²) < 4.78 is 26.2. The fraction of sp³-hybridized carbons (Fsp3) is 0.829. The van der Waals surface area contributed by atoms with Gasteiger partial charge in [-0.2, -0.15) is 0 Å². The van der Waals surface area contributed by atoms with Gasteiger partial charge < -0.3 is 19.3 Å². The van der Waals surface area contributed by atoms with Gasteiger partial charge in [-0.3, -0.25) is 14.1 Å². The fourth-order valence-electron chi connectivity index (χ4n) is 4.77. The van der Waals surface area contributed by atoms with Crippen LogP contribution in [0.1, 0.15) is 168 Å². The van der Waals surface area contributed by atoms with Gasteiger partial charge in [-0.25, -0.2) is 4.57 Å². The van der Waals surface area contributed by atoms with E-state index in [0.29, 0.717) is 12.8 Å². The van der Waals surface area contributed by atoms with Crippen molar-refractivity contribution in [3.8, 4) is 0 Å². The van der Waals surface area contributed by atoms with Crippen LogP contribution in [-0.2, 0) is 28.2 Å². The van der Waals surface area contributed by atoms with Crippen LogP contribution in [0.2, 0.25) is 0 Å². The molecule has 0 aromatic heterocycles. The highest BCUT2D eigenvalue weighted by Crippen LogP contribution is 2.36. The molecule has 0 amide bonds. The van der Waals surface area contributed by atoms with Gasteiger partial charge in [0.1, 0.15) is 6.61 Å². The number of esters is 2. The first kappa shape index (κ1) is 42.5. The van der Waals surface area contributed by atoms with Crippen molar-refractivity contribution in [2.75, 3.05) is 13.2 Å². The molecule has 8 nitrogen and oxygen atoms in total. The molecule has 0 aliphatic carbocycles. The summed E-state index contributed by atoms with van der Waals surface area (Å²) in [7, 11) is -4.75. The molecule has 0 radical (unpaired) electrons. The maximum Gasteiger partial charge on any atom is 0.469 e. The SMILES string of the molecule is CCCCC/C=C/CCCCCCCC(=O)OC[C@H](COP(=O)(O)O)OC(=O)CCCCCCC/C=C/CCCCCCC. The number of carbonyl (C=O) groups is 2. The Morgan fingerprint density at radius 2 is 0.955 bits per heavy atom. The topological polar surface area (TPSA) is 119 Å². The van der Waals surface area contributed by atoms with E-state index in [0.717, 1.165) is 64.2 Å². The third-order valence-corrected chi connectivity index (χ3v) is 7.93. The predicted molar refractivity (Wildman–Crippen MR) is 179 cm³/mol. The molecule has 0 fully saturated rings. The second kappa shape index (κ2) is 31.5. The lowest BCUT2D eigenvalue weighted by Gasteiger charge is -2.18. The number of unbranched alkanes of at least 4 members (excludes halogenated alkanes) is 18. The molecule has 0 aliphatic heterocycles. The summed E-state index contributed by atoms with van der Waals surface area (Å²) in [6.07, 6.45) is 33.3. The van der Waals surface area contributed by atoms with Crippen LogP contribution >= 0.6 is 7.82 Å². The third kappa shape index (κ3) is 33.4. The minimum atomic E-state index is -4.75. The zero-order valence-corrected chi connectivity index (χ0v) is 29.0. The highest BCUT2D eigenvalue weighted by atomic mass is 31.2. The van der Waals surface area contributed by atoms with Crippen molar-refractivity contribution >= 4 is 19.8 Å². The molecule has 44 heavy (non-hydrogen) atoms. The molecule has 2 N–H and O–H groups in total. The normalized spacial score (nSPS) is 12.7. The molecule has 0 heterocycles. The maximum atomic E-state index is 12.3.